The summed E-state index contributed by atoms with van der Waals surface area (Å²) in [7, 11) is 1.76. The molecule has 0 saturated heterocycles. The molecule has 0 aromatic heterocycles. The highest BCUT2D eigenvalue weighted by Crippen LogP contribution is 2.28. The van der Waals surface area contributed by atoms with Crippen molar-refractivity contribution < 1.29 is 9.18 Å². The van der Waals surface area contributed by atoms with Gasteiger partial charge in [0.1, 0.15) is 5.82 Å². The van der Waals surface area contributed by atoms with E-state index in [0.29, 0.717) is 19.1 Å². The highest BCUT2D eigenvalue weighted by Gasteiger charge is 2.31. The summed E-state index contributed by atoms with van der Waals surface area (Å²) < 4.78 is 13.1. The predicted molar refractivity (Wildman–Crippen MR) is 63.9 cm³/mol. The van der Waals surface area contributed by atoms with Gasteiger partial charge in [0, 0.05) is 12.6 Å². The molecule has 0 unspecified atom stereocenters. The maximum atomic E-state index is 13.1. The van der Waals surface area contributed by atoms with Gasteiger partial charge in [0.05, 0.1) is 6.54 Å². The maximum absolute atomic E-state index is 13.1. The molecule has 3 nitrogen and oxygen atoms in total. The molecule has 0 radical (unpaired) electrons. The van der Waals surface area contributed by atoms with Crippen molar-refractivity contribution in [2.45, 2.75) is 25.4 Å². The number of hydrogen-bond donors (Lipinski definition) is 1. The van der Waals surface area contributed by atoms with Crippen LogP contribution in [-0.2, 0) is 11.3 Å². The minimum atomic E-state index is -0.251. The zero-order valence-electron chi connectivity index (χ0n) is 9.95. The van der Waals surface area contributed by atoms with Crippen molar-refractivity contribution in [1.82, 2.24) is 10.2 Å². The number of rotatable bonds is 5. The molecule has 1 aliphatic rings. The number of nitrogens with one attached hydrogen (secondary N) is 1. The Labute approximate surface area is 101 Å². The van der Waals surface area contributed by atoms with E-state index in [0.717, 1.165) is 18.4 Å². The van der Waals surface area contributed by atoms with Crippen LogP contribution in [0.15, 0.2) is 24.3 Å². The summed E-state index contributed by atoms with van der Waals surface area (Å²) in [6, 6.07) is 6.78. The van der Waals surface area contributed by atoms with E-state index in [-0.39, 0.29) is 11.7 Å². The summed E-state index contributed by atoms with van der Waals surface area (Å²) >= 11 is 0. The molecule has 1 N–H and O–H groups in total. The van der Waals surface area contributed by atoms with Crippen LogP contribution in [0.3, 0.4) is 0 Å². The summed E-state index contributed by atoms with van der Waals surface area (Å²) in [4.78, 5) is 13.7. The Morgan fingerprint density at radius 1 is 1.53 bits per heavy atom. The lowest BCUT2D eigenvalue weighted by Gasteiger charge is -2.22. The predicted octanol–water partition coefficient (Wildman–Crippen LogP) is 1.54. The van der Waals surface area contributed by atoms with Gasteiger partial charge in [0.2, 0.25) is 5.91 Å². The topological polar surface area (TPSA) is 32.3 Å². The average Bonchev–Trinajstić information content (AvgIpc) is 3.10. The van der Waals surface area contributed by atoms with Crippen LogP contribution in [0.1, 0.15) is 18.4 Å². The van der Waals surface area contributed by atoms with Crippen LogP contribution in [-0.4, -0.2) is 30.4 Å². The molecular weight excluding hydrogens is 219 g/mol. The Morgan fingerprint density at radius 2 is 2.29 bits per heavy atom. The molecule has 1 saturated carbocycles. The van der Waals surface area contributed by atoms with E-state index in [1.165, 1.54) is 12.1 Å². The van der Waals surface area contributed by atoms with E-state index in [9.17, 15) is 9.18 Å². The number of carbonyl (C=O) groups is 1. The third-order valence-corrected chi connectivity index (χ3v) is 2.88. The first-order chi connectivity index (χ1) is 8.20. The molecule has 0 spiro atoms. The van der Waals surface area contributed by atoms with Crippen LogP contribution < -0.4 is 5.32 Å². The summed E-state index contributed by atoms with van der Waals surface area (Å²) in [5.41, 5.74) is 0.848. The summed E-state index contributed by atoms with van der Waals surface area (Å²) in [6.45, 7) is 0.842. The van der Waals surface area contributed by atoms with Gasteiger partial charge in [-0.2, -0.15) is 0 Å². The van der Waals surface area contributed by atoms with Crippen LogP contribution in [0.5, 0.6) is 0 Å². The fourth-order valence-corrected chi connectivity index (χ4v) is 1.89. The number of amides is 1. The van der Waals surface area contributed by atoms with Crippen molar-refractivity contribution in [3.63, 3.8) is 0 Å². The Kier molecular flexibility index (Phi) is 3.74. The molecule has 1 aromatic carbocycles. The normalized spacial score (nSPS) is 14.7. The van der Waals surface area contributed by atoms with Gasteiger partial charge in [0.25, 0.3) is 0 Å². The van der Waals surface area contributed by atoms with Crippen molar-refractivity contribution in [2.24, 2.45) is 0 Å². The molecule has 1 aromatic rings. The lowest BCUT2D eigenvalue weighted by Crippen LogP contribution is -2.38. The van der Waals surface area contributed by atoms with Crippen molar-refractivity contribution in [3.05, 3.63) is 35.6 Å². The molecular formula is C13H17FN2O. The van der Waals surface area contributed by atoms with E-state index in [2.05, 4.69) is 5.32 Å². The van der Waals surface area contributed by atoms with Crippen LogP contribution in [0, 0.1) is 5.82 Å². The molecule has 2 rings (SSSR count). The minimum absolute atomic E-state index is 0.0826. The largest absolute Gasteiger partial charge is 0.334 e. The van der Waals surface area contributed by atoms with Crippen molar-refractivity contribution in [3.8, 4) is 0 Å². The zero-order chi connectivity index (χ0) is 12.3. The molecule has 92 valence electrons. The van der Waals surface area contributed by atoms with E-state index in [1.807, 2.05) is 11.0 Å². The zero-order valence-corrected chi connectivity index (χ0v) is 9.95. The molecule has 0 aliphatic heterocycles. The second-order valence-corrected chi connectivity index (χ2v) is 4.41. The summed E-state index contributed by atoms with van der Waals surface area (Å²) in [6.07, 6.45) is 2.12. The molecule has 1 fully saturated rings. The minimum Gasteiger partial charge on any atom is -0.334 e. The van der Waals surface area contributed by atoms with E-state index < -0.39 is 0 Å². The number of carbonyl (C=O) groups excluding carboxylic acids is 1. The van der Waals surface area contributed by atoms with Gasteiger partial charge in [-0.05, 0) is 37.6 Å². The van der Waals surface area contributed by atoms with Crippen LogP contribution >= 0.6 is 0 Å². The van der Waals surface area contributed by atoms with Gasteiger partial charge in [0.15, 0.2) is 0 Å². The van der Waals surface area contributed by atoms with Crippen LogP contribution in [0.4, 0.5) is 4.39 Å². The lowest BCUT2D eigenvalue weighted by molar-refractivity contribution is -0.131. The third kappa shape index (κ3) is 3.27. The number of likely N-dealkylation sites (N-methyl/N-ethyl adjacent to an activating group) is 1. The van der Waals surface area contributed by atoms with Crippen molar-refractivity contribution >= 4 is 5.91 Å². The molecule has 0 heterocycles. The molecule has 4 heteroatoms. The van der Waals surface area contributed by atoms with Gasteiger partial charge in [-0.25, -0.2) is 4.39 Å². The standard InChI is InChI=1S/C13H17FN2O/c1-15-8-13(17)16(12-5-6-12)9-10-3-2-4-11(14)7-10/h2-4,7,12,15H,5-6,8-9H2,1H3. The summed E-state index contributed by atoms with van der Waals surface area (Å²) in [5.74, 6) is -0.168. The quantitative estimate of drug-likeness (QED) is 0.841. The van der Waals surface area contributed by atoms with Gasteiger partial charge >= 0.3 is 0 Å². The van der Waals surface area contributed by atoms with E-state index in [1.54, 1.807) is 13.1 Å². The van der Waals surface area contributed by atoms with Crippen molar-refractivity contribution in [2.75, 3.05) is 13.6 Å². The van der Waals surface area contributed by atoms with Gasteiger partial charge < -0.3 is 10.2 Å². The maximum Gasteiger partial charge on any atom is 0.237 e. The SMILES string of the molecule is CNCC(=O)N(Cc1cccc(F)c1)C1CC1. The Balaban J connectivity index is 2.05. The number of nitrogens with zero attached hydrogens (tertiary/aromatic N) is 1. The Bertz CT molecular complexity index is 404. The lowest BCUT2D eigenvalue weighted by atomic mass is 10.2. The first-order valence-corrected chi connectivity index (χ1v) is 5.89. The highest BCUT2D eigenvalue weighted by atomic mass is 19.1. The number of benzene rings is 1. The number of hydrogen-bond acceptors (Lipinski definition) is 2. The smallest absolute Gasteiger partial charge is 0.237 e. The van der Waals surface area contributed by atoms with Crippen molar-refractivity contribution in [1.29, 1.82) is 0 Å². The molecule has 1 aliphatic carbocycles. The van der Waals surface area contributed by atoms with E-state index >= 15 is 0 Å². The highest BCUT2D eigenvalue weighted by molar-refractivity contribution is 5.78. The Hall–Kier alpha value is -1.42. The van der Waals surface area contributed by atoms with Gasteiger partial charge in [-0.15, -0.1) is 0 Å². The Morgan fingerprint density at radius 3 is 2.88 bits per heavy atom. The fraction of sp³-hybridized carbons (Fsp3) is 0.462. The first kappa shape index (κ1) is 12.0. The number of halogens is 1. The third-order valence-electron chi connectivity index (χ3n) is 2.88. The first-order valence-electron chi connectivity index (χ1n) is 5.89. The van der Waals surface area contributed by atoms with Crippen LogP contribution in [0.25, 0.3) is 0 Å². The van der Waals surface area contributed by atoms with E-state index in [4.69, 9.17) is 0 Å². The molecule has 0 bridgehead atoms. The second-order valence-electron chi connectivity index (χ2n) is 4.41. The summed E-state index contributed by atoms with van der Waals surface area (Å²) in [5, 5.41) is 2.86. The van der Waals surface area contributed by atoms with Gasteiger partial charge in [-0.1, -0.05) is 12.1 Å². The molecule has 17 heavy (non-hydrogen) atoms. The average molecular weight is 236 g/mol. The fourth-order valence-electron chi connectivity index (χ4n) is 1.89. The molecule has 1 amide bonds. The monoisotopic (exact) mass is 236 g/mol. The van der Waals surface area contributed by atoms with Gasteiger partial charge in [-0.3, -0.25) is 4.79 Å². The van der Waals surface area contributed by atoms with Crippen LogP contribution in [0.2, 0.25) is 0 Å². The molecule has 0 atom stereocenters. The second kappa shape index (κ2) is 5.27.